The quantitative estimate of drug-likeness (QED) is 0.709. The summed E-state index contributed by atoms with van der Waals surface area (Å²) in [6.45, 7) is -0.0489. The maximum atomic E-state index is 13.3. The van der Waals surface area contributed by atoms with Gasteiger partial charge in [0, 0.05) is 18.5 Å². The van der Waals surface area contributed by atoms with Crippen molar-refractivity contribution < 1.29 is 27.5 Å². The van der Waals surface area contributed by atoms with Crippen LogP contribution in [0.2, 0.25) is 0 Å². The fourth-order valence-corrected chi connectivity index (χ4v) is 3.69. The summed E-state index contributed by atoms with van der Waals surface area (Å²) in [5, 5.41) is 2.31. The number of amides is 2. The molecule has 1 heterocycles. The Kier molecular flexibility index (Phi) is 6.12. The van der Waals surface area contributed by atoms with Crippen LogP contribution in [0, 0.1) is 0 Å². The molecule has 0 aromatic heterocycles. The first-order valence-electron chi connectivity index (χ1n) is 9.43. The van der Waals surface area contributed by atoms with Gasteiger partial charge in [0.05, 0.1) is 24.4 Å². The Hall–Kier alpha value is -2.29. The highest BCUT2D eigenvalue weighted by atomic mass is 19.4. The fourth-order valence-electron chi connectivity index (χ4n) is 3.69. The lowest BCUT2D eigenvalue weighted by Gasteiger charge is -2.38. The number of halogens is 3. The van der Waals surface area contributed by atoms with Gasteiger partial charge in [-0.15, -0.1) is 0 Å². The molecule has 0 radical (unpaired) electrons. The van der Waals surface area contributed by atoms with Crippen LogP contribution in [0.3, 0.4) is 0 Å². The Bertz CT molecular complexity index is 731. The van der Waals surface area contributed by atoms with Gasteiger partial charge in [0.2, 0.25) is 11.8 Å². The maximum Gasteiger partial charge on any atom is 0.416 e. The van der Waals surface area contributed by atoms with Crippen molar-refractivity contribution in [3.8, 4) is 5.75 Å². The Labute approximate surface area is 161 Å². The van der Waals surface area contributed by atoms with Crippen LogP contribution in [0.15, 0.2) is 18.2 Å². The number of ether oxygens (including phenoxy) is 1. The van der Waals surface area contributed by atoms with Gasteiger partial charge in [-0.3, -0.25) is 14.9 Å². The van der Waals surface area contributed by atoms with Gasteiger partial charge >= 0.3 is 6.18 Å². The molecule has 3 rings (SSSR count). The van der Waals surface area contributed by atoms with Crippen molar-refractivity contribution in [1.82, 2.24) is 5.32 Å². The SMILES string of the molecule is NC1CCC(N2CC(=O)NC(=O)CCCOc3ccc(C(F)(F)F)cc32)CC1. The lowest BCUT2D eigenvalue weighted by atomic mass is 9.90. The Balaban J connectivity index is 2.01. The molecule has 6 nitrogen and oxygen atoms in total. The summed E-state index contributed by atoms with van der Waals surface area (Å²) in [7, 11) is 0. The summed E-state index contributed by atoms with van der Waals surface area (Å²) >= 11 is 0. The lowest BCUT2D eigenvalue weighted by molar-refractivity contribution is -0.137. The van der Waals surface area contributed by atoms with Crippen LogP contribution in [0.1, 0.15) is 44.1 Å². The molecule has 154 valence electrons. The van der Waals surface area contributed by atoms with Crippen molar-refractivity contribution in [1.29, 1.82) is 0 Å². The molecule has 1 saturated carbocycles. The smallest absolute Gasteiger partial charge is 0.416 e. The fraction of sp³-hybridized carbons (Fsp3) is 0.579. The van der Waals surface area contributed by atoms with E-state index in [-0.39, 0.29) is 43.1 Å². The Morgan fingerprint density at radius 2 is 1.82 bits per heavy atom. The topological polar surface area (TPSA) is 84.7 Å². The van der Waals surface area contributed by atoms with E-state index in [0.29, 0.717) is 19.3 Å². The summed E-state index contributed by atoms with van der Waals surface area (Å²) in [4.78, 5) is 25.8. The molecule has 0 spiro atoms. The summed E-state index contributed by atoms with van der Waals surface area (Å²) in [5.74, 6) is -0.670. The van der Waals surface area contributed by atoms with Crippen LogP contribution in [-0.4, -0.2) is 37.0 Å². The molecule has 2 aliphatic rings. The van der Waals surface area contributed by atoms with Crippen LogP contribution < -0.4 is 20.7 Å². The van der Waals surface area contributed by atoms with E-state index in [1.807, 2.05) is 0 Å². The molecule has 3 N–H and O–H groups in total. The Morgan fingerprint density at radius 3 is 2.50 bits per heavy atom. The van der Waals surface area contributed by atoms with Gasteiger partial charge in [-0.1, -0.05) is 0 Å². The third kappa shape index (κ3) is 4.95. The lowest BCUT2D eigenvalue weighted by Crippen LogP contribution is -2.47. The van der Waals surface area contributed by atoms with Gasteiger partial charge in [-0.2, -0.15) is 13.2 Å². The number of alkyl halides is 3. The van der Waals surface area contributed by atoms with E-state index in [0.717, 1.165) is 25.0 Å². The Morgan fingerprint density at radius 1 is 1.11 bits per heavy atom. The average Bonchev–Trinajstić information content (AvgIpc) is 2.65. The number of rotatable bonds is 1. The van der Waals surface area contributed by atoms with Crippen molar-refractivity contribution in [2.75, 3.05) is 18.1 Å². The molecule has 0 atom stereocenters. The summed E-state index contributed by atoms with van der Waals surface area (Å²) in [6, 6.07) is 3.17. The average molecular weight is 399 g/mol. The molecule has 1 aromatic rings. The second kappa shape index (κ2) is 8.38. The number of hydrogen-bond acceptors (Lipinski definition) is 5. The number of anilines is 1. The number of nitrogens with one attached hydrogen (secondary N) is 1. The second-order valence-corrected chi connectivity index (χ2v) is 7.30. The summed E-state index contributed by atoms with van der Waals surface area (Å²) in [5.41, 5.74) is 5.37. The van der Waals surface area contributed by atoms with Crippen molar-refractivity contribution in [2.24, 2.45) is 5.73 Å². The largest absolute Gasteiger partial charge is 0.491 e. The molecule has 1 aliphatic carbocycles. The molecular weight excluding hydrogens is 375 g/mol. The number of hydrogen-bond donors (Lipinski definition) is 2. The predicted octanol–water partition coefficient (Wildman–Crippen LogP) is 2.60. The minimum absolute atomic E-state index is 0.0489. The van der Waals surface area contributed by atoms with Crippen molar-refractivity contribution in [3.05, 3.63) is 23.8 Å². The third-order valence-electron chi connectivity index (χ3n) is 5.18. The minimum atomic E-state index is -4.51. The minimum Gasteiger partial charge on any atom is -0.491 e. The van der Waals surface area contributed by atoms with Crippen molar-refractivity contribution in [3.63, 3.8) is 0 Å². The van der Waals surface area contributed by atoms with Crippen molar-refractivity contribution in [2.45, 2.75) is 56.8 Å². The standard InChI is InChI=1S/C19H24F3N3O3/c20-19(21,22)12-3-8-16-15(10-12)25(14-6-4-13(23)5-7-14)11-18(27)24-17(26)2-1-9-28-16/h3,8,10,13-14H,1-2,4-7,9,11,23H2,(H,24,26,27). The van der Waals surface area contributed by atoms with E-state index in [9.17, 15) is 22.8 Å². The number of carbonyl (C=O) groups is 2. The number of fused-ring (bicyclic) bond motifs is 1. The monoisotopic (exact) mass is 399 g/mol. The van der Waals surface area contributed by atoms with E-state index >= 15 is 0 Å². The van der Waals surface area contributed by atoms with E-state index in [1.165, 1.54) is 6.07 Å². The predicted molar refractivity (Wildman–Crippen MR) is 96.9 cm³/mol. The van der Waals surface area contributed by atoms with Crippen LogP contribution in [0.5, 0.6) is 5.75 Å². The second-order valence-electron chi connectivity index (χ2n) is 7.30. The van der Waals surface area contributed by atoms with E-state index in [4.69, 9.17) is 10.5 Å². The summed E-state index contributed by atoms with van der Waals surface area (Å²) < 4.78 is 45.6. The van der Waals surface area contributed by atoms with Gasteiger partial charge in [0.25, 0.3) is 0 Å². The van der Waals surface area contributed by atoms with Gasteiger partial charge in [0.1, 0.15) is 5.75 Å². The normalized spacial score (nSPS) is 24.6. The zero-order chi connectivity index (χ0) is 20.3. The van der Waals surface area contributed by atoms with Crippen molar-refractivity contribution >= 4 is 17.5 Å². The van der Waals surface area contributed by atoms with E-state index < -0.39 is 23.6 Å². The zero-order valence-corrected chi connectivity index (χ0v) is 15.4. The van der Waals surface area contributed by atoms with E-state index in [2.05, 4.69) is 5.32 Å². The number of carbonyl (C=O) groups excluding carboxylic acids is 2. The molecule has 0 saturated heterocycles. The molecule has 0 bridgehead atoms. The number of nitrogens with two attached hydrogens (primary N) is 1. The first-order chi connectivity index (χ1) is 13.2. The van der Waals surface area contributed by atoms with Gasteiger partial charge < -0.3 is 15.4 Å². The molecule has 0 unspecified atom stereocenters. The highest BCUT2D eigenvalue weighted by molar-refractivity contribution is 5.97. The first-order valence-corrected chi connectivity index (χ1v) is 9.43. The van der Waals surface area contributed by atoms with E-state index in [1.54, 1.807) is 4.90 Å². The molecule has 1 aromatic carbocycles. The van der Waals surface area contributed by atoms with Crippen LogP contribution in [-0.2, 0) is 15.8 Å². The zero-order valence-electron chi connectivity index (χ0n) is 15.4. The summed E-state index contributed by atoms with van der Waals surface area (Å²) in [6.07, 6.45) is -1.30. The van der Waals surface area contributed by atoms with Crippen LogP contribution >= 0.6 is 0 Å². The third-order valence-corrected chi connectivity index (χ3v) is 5.18. The van der Waals surface area contributed by atoms with Crippen LogP contribution in [0.4, 0.5) is 18.9 Å². The molecule has 1 fully saturated rings. The number of nitrogens with zero attached hydrogens (tertiary/aromatic N) is 1. The van der Waals surface area contributed by atoms with Gasteiger partial charge in [-0.05, 0) is 50.3 Å². The number of benzene rings is 1. The molecule has 28 heavy (non-hydrogen) atoms. The molecular formula is C19H24F3N3O3. The van der Waals surface area contributed by atoms with Gasteiger partial charge in [0.15, 0.2) is 0 Å². The highest BCUT2D eigenvalue weighted by Gasteiger charge is 2.34. The number of imide groups is 1. The first kappa shape index (κ1) is 20.4. The van der Waals surface area contributed by atoms with Gasteiger partial charge in [-0.25, -0.2) is 0 Å². The highest BCUT2D eigenvalue weighted by Crippen LogP contribution is 2.39. The molecule has 1 aliphatic heterocycles. The molecule has 9 heteroatoms. The maximum absolute atomic E-state index is 13.3. The van der Waals surface area contributed by atoms with Crippen LogP contribution in [0.25, 0.3) is 0 Å². The molecule has 2 amide bonds.